The van der Waals surface area contributed by atoms with Gasteiger partial charge in [0.2, 0.25) is 5.91 Å². The van der Waals surface area contributed by atoms with Crippen LogP contribution >= 0.6 is 0 Å². The summed E-state index contributed by atoms with van der Waals surface area (Å²) in [5, 5.41) is 10.9. The monoisotopic (exact) mass is 254 g/mol. The van der Waals surface area contributed by atoms with E-state index in [0.717, 1.165) is 4.90 Å². The predicted molar refractivity (Wildman–Crippen MR) is 60.4 cm³/mol. The van der Waals surface area contributed by atoms with Gasteiger partial charge in [0.1, 0.15) is 0 Å². The fourth-order valence-electron chi connectivity index (χ4n) is 1.43. The number of carboxylic acid groups (broad SMARTS) is 1. The first-order valence-electron chi connectivity index (χ1n) is 5.52. The van der Waals surface area contributed by atoms with Crippen molar-refractivity contribution in [3.8, 4) is 0 Å². The van der Waals surface area contributed by atoms with Crippen LogP contribution in [0.4, 0.5) is 0 Å². The van der Waals surface area contributed by atoms with Crippen molar-refractivity contribution in [3.05, 3.63) is 12.2 Å². The average molecular weight is 254 g/mol. The number of nitrogens with zero attached hydrogens (tertiary/aromatic N) is 1. The van der Waals surface area contributed by atoms with Crippen LogP contribution in [0.2, 0.25) is 0 Å². The van der Waals surface area contributed by atoms with E-state index in [0.29, 0.717) is 13.0 Å². The Bertz CT molecular complexity index is 384. The largest absolute Gasteiger partial charge is 0.481 e. The summed E-state index contributed by atoms with van der Waals surface area (Å²) >= 11 is 0. The van der Waals surface area contributed by atoms with Crippen LogP contribution in [-0.4, -0.2) is 46.8 Å². The Kier molecular flexibility index (Phi) is 5.04. The zero-order chi connectivity index (χ0) is 13.5. The molecule has 0 unspecified atom stereocenters. The Morgan fingerprint density at radius 1 is 1.17 bits per heavy atom. The van der Waals surface area contributed by atoms with E-state index in [2.05, 4.69) is 5.32 Å². The topological polar surface area (TPSA) is 104 Å². The van der Waals surface area contributed by atoms with Gasteiger partial charge in [-0.05, 0) is 6.42 Å². The highest BCUT2D eigenvalue weighted by atomic mass is 16.4. The lowest BCUT2D eigenvalue weighted by Crippen LogP contribution is -2.33. The molecular formula is C11H14N2O5. The van der Waals surface area contributed by atoms with E-state index in [1.54, 1.807) is 0 Å². The third kappa shape index (κ3) is 4.36. The summed E-state index contributed by atoms with van der Waals surface area (Å²) in [5.74, 6) is -2.08. The number of hydrogen-bond donors (Lipinski definition) is 2. The maximum absolute atomic E-state index is 11.2. The molecule has 0 atom stereocenters. The molecule has 3 amide bonds. The van der Waals surface area contributed by atoms with Gasteiger partial charge in [-0.15, -0.1) is 0 Å². The zero-order valence-electron chi connectivity index (χ0n) is 9.72. The van der Waals surface area contributed by atoms with Gasteiger partial charge in [0, 0.05) is 31.7 Å². The molecule has 1 aliphatic heterocycles. The van der Waals surface area contributed by atoms with Crippen molar-refractivity contribution < 1.29 is 24.3 Å². The second-order valence-electron chi connectivity index (χ2n) is 3.76. The molecule has 1 aliphatic rings. The molecule has 0 bridgehead atoms. The Hall–Kier alpha value is -2.18. The molecule has 2 N–H and O–H groups in total. The SMILES string of the molecule is O=C(O)CCC(=O)NCCCN1C(=O)C=CC1=O. The Labute approximate surface area is 103 Å². The van der Waals surface area contributed by atoms with Crippen LogP contribution in [0.25, 0.3) is 0 Å². The molecule has 0 aromatic rings. The molecule has 0 aromatic heterocycles. The number of amides is 3. The molecule has 18 heavy (non-hydrogen) atoms. The van der Waals surface area contributed by atoms with Crippen molar-refractivity contribution in [2.45, 2.75) is 19.3 Å². The Morgan fingerprint density at radius 3 is 2.33 bits per heavy atom. The molecule has 98 valence electrons. The summed E-state index contributed by atoms with van der Waals surface area (Å²) in [7, 11) is 0. The summed E-state index contributed by atoms with van der Waals surface area (Å²) in [6.07, 6.45) is 2.57. The van der Waals surface area contributed by atoms with Gasteiger partial charge in [0.05, 0.1) is 6.42 Å². The van der Waals surface area contributed by atoms with Crippen LogP contribution < -0.4 is 5.32 Å². The zero-order valence-corrected chi connectivity index (χ0v) is 9.72. The van der Waals surface area contributed by atoms with Gasteiger partial charge in [-0.2, -0.15) is 0 Å². The van der Waals surface area contributed by atoms with E-state index in [-0.39, 0.29) is 37.1 Å². The first-order chi connectivity index (χ1) is 8.50. The smallest absolute Gasteiger partial charge is 0.303 e. The highest BCUT2D eigenvalue weighted by molar-refractivity contribution is 6.12. The molecule has 0 aromatic carbocycles. The van der Waals surface area contributed by atoms with E-state index in [1.165, 1.54) is 12.2 Å². The molecule has 0 saturated carbocycles. The number of hydrogen-bond acceptors (Lipinski definition) is 4. The normalized spacial score (nSPS) is 14.1. The second-order valence-corrected chi connectivity index (χ2v) is 3.76. The van der Waals surface area contributed by atoms with Crippen LogP contribution in [0.3, 0.4) is 0 Å². The van der Waals surface area contributed by atoms with Crippen molar-refractivity contribution in [2.75, 3.05) is 13.1 Å². The minimum atomic E-state index is -1.02. The Balaban J connectivity index is 2.12. The summed E-state index contributed by atoms with van der Waals surface area (Å²) < 4.78 is 0. The highest BCUT2D eigenvalue weighted by Gasteiger charge is 2.22. The van der Waals surface area contributed by atoms with Crippen LogP contribution in [0, 0.1) is 0 Å². The fourth-order valence-corrected chi connectivity index (χ4v) is 1.43. The van der Waals surface area contributed by atoms with Crippen LogP contribution in [0.5, 0.6) is 0 Å². The standard InChI is InChI=1S/C11H14N2O5/c14-8(2-5-11(17)18)12-6-1-7-13-9(15)3-4-10(13)16/h3-4H,1-2,5-7H2,(H,12,14)(H,17,18). The number of nitrogens with one attached hydrogen (secondary N) is 1. The molecule has 1 heterocycles. The third-order valence-electron chi connectivity index (χ3n) is 2.35. The molecule has 1 rings (SSSR count). The van der Waals surface area contributed by atoms with E-state index in [4.69, 9.17) is 5.11 Å². The first kappa shape index (κ1) is 13.9. The van der Waals surface area contributed by atoms with Crippen molar-refractivity contribution in [2.24, 2.45) is 0 Å². The van der Waals surface area contributed by atoms with Crippen molar-refractivity contribution >= 4 is 23.7 Å². The molecule has 0 aliphatic carbocycles. The maximum atomic E-state index is 11.2. The van der Waals surface area contributed by atoms with Gasteiger partial charge in [-0.3, -0.25) is 24.1 Å². The van der Waals surface area contributed by atoms with Crippen LogP contribution in [0.15, 0.2) is 12.2 Å². The summed E-state index contributed by atoms with van der Waals surface area (Å²) in [6, 6.07) is 0. The van der Waals surface area contributed by atoms with Gasteiger partial charge in [0.15, 0.2) is 0 Å². The lowest BCUT2D eigenvalue weighted by atomic mass is 10.3. The lowest BCUT2D eigenvalue weighted by molar-refractivity contribution is -0.139. The number of carbonyl (C=O) groups excluding carboxylic acids is 3. The van der Waals surface area contributed by atoms with Gasteiger partial charge >= 0.3 is 5.97 Å². The van der Waals surface area contributed by atoms with Crippen molar-refractivity contribution in [1.29, 1.82) is 0 Å². The van der Waals surface area contributed by atoms with Crippen molar-refractivity contribution in [3.63, 3.8) is 0 Å². The van der Waals surface area contributed by atoms with Gasteiger partial charge in [-0.1, -0.05) is 0 Å². The summed E-state index contributed by atoms with van der Waals surface area (Å²) in [4.78, 5) is 44.7. The number of carbonyl (C=O) groups is 4. The van der Waals surface area contributed by atoms with E-state index >= 15 is 0 Å². The van der Waals surface area contributed by atoms with E-state index in [9.17, 15) is 19.2 Å². The quantitative estimate of drug-likeness (QED) is 0.461. The van der Waals surface area contributed by atoms with E-state index < -0.39 is 5.97 Å². The Morgan fingerprint density at radius 2 is 1.78 bits per heavy atom. The number of carboxylic acids is 1. The second kappa shape index (κ2) is 6.53. The molecule has 0 radical (unpaired) electrons. The molecule has 0 spiro atoms. The van der Waals surface area contributed by atoms with Gasteiger partial charge < -0.3 is 10.4 Å². The molecule has 0 fully saturated rings. The molecule has 7 heteroatoms. The highest BCUT2D eigenvalue weighted by Crippen LogP contribution is 2.03. The third-order valence-corrected chi connectivity index (χ3v) is 2.35. The molecular weight excluding hydrogens is 240 g/mol. The molecule has 0 saturated heterocycles. The first-order valence-corrected chi connectivity index (χ1v) is 5.52. The van der Waals surface area contributed by atoms with Gasteiger partial charge in [-0.25, -0.2) is 0 Å². The van der Waals surface area contributed by atoms with Crippen LogP contribution in [-0.2, 0) is 19.2 Å². The molecule has 7 nitrogen and oxygen atoms in total. The van der Waals surface area contributed by atoms with Crippen LogP contribution in [0.1, 0.15) is 19.3 Å². The fraction of sp³-hybridized carbons (Fsp3) is 0.455. The number of rotatable bonds is 7. The summed E-state index contributed by atoms with van der Waals surface area (Å²) in [6.45, 7) is 0.541. The predicted octanol–water partition coefficient (Wildman–Crippen LogP) is -0.717. The lowest BCUT2D eigenvalue weighted by Gasteiger charge is -2.13. The van der Waals surface area contributed by atoms with E-state index in [1.807, 2.05) is 0 Å². The minimum Gasteiger partial charge on any atom is -0.481 e. The van der Waals surface area contributed by atoms with Crippen molar-refractivity contribution in [1.82, 2.24) is 10.2 Å². The summed E-state index contributed by atoms with van der Waals surface area (Å²) in [5.41, 5.74) is 0. The maximum Gasteiger partial charge on any atom is 0.303 e. The average Bonchev–Trinajstić information content (AvgIpc) is 2.63. The van der Waals surface area contributed by atoms with Gasteiger partial charge in [0.25, 0.3) is 11.8 Å². The number of imide groups is 1. The number of aliphatic carboxylic acids is 1. The minimum absolute atomic E-state index is 0.0710.